The molecule has 202 valence electrons. The van der Waals surface area contributed by atoms with Gasteiger partial charge in [-0.2, -0.15) is 17.0 Å². The molecule has 36 heavy (non-hydrogen) atoms. The molecule has 3 aliphatic rings. The lowest BCUT2D eigenvalue weighted by molar-refractivity contribution is -0.157. The Hall–Kier alpha value is -2.31. The second-order valence-electron chi connectivity index (χ2n) is 9.38. The molecule has 17 heteroatoms. The molecule has 2 atom stereocenters. The first-order valence-electron chi connectivity index (χ1n) is 11.6. The Morgan fingerprint density at radius 1 is 1.22 bits per heavy atom. The third kappa shape index (κ3) is 5.50. The highest BCUT2D eigenvalue weighted by atomic mass is 32.2. The Bertz CT molecular complexity index is 991. The average molecular weight is 534 g/mol. The van der Waals surface area contributed by atoms with Crippen molar-refractivity contribution in [1.29, 1.82) is 0 Å². The molecule has 0 unspecified atom stereocenters. The van der Waals surface area contributed by atoms with Crippen molar-refractivity contribution in [3.63, 3.8) is 0 Å². The Balaban J connectivity index is 1.66. The highest BCUT2D eigenvalue weighted by molar-refractivity contribution is 7.86. The maximum absolute atomic E-state index is 13.2. The van der Waals surface area contributed by atoms with E-state index < -0.39 is 77.6 Å². The first-order chi connectivity index (χ1) is 16.7. The van der Waals surface area contributed by atoms with E-state index in [1.54, 1.807) is 6.92 Å². The molecule has 0 saturated carbocycles. The van der Waals surface area contributed by atoms with E-state index in [2.05, 4.69) is 5.32 Å². The van der Waals surface area contributed by atoms with Crippen LogP contribution in [0, 0.1) is 5.92 Å². The van der Waals surface area contributed by atoms with Crippen LogP contribution in [0.2, 0.25) is 6.32 Å². The summed E-state index contributed by atoms with van der Waals surface area (Å²) >= 11 is 0. The number of carboxylic acids is 3. The van der Waals surface area contributed by atoms with Gasteiger partial charge in [-0.3, -0.25) is 19.2 Å². The Morgan fingerprint density at radius 3 is 2.31 bits per heavy atom. The van der Waals surface area contributed by atoms with Crippen molar-refractivity contribution >= 4 is 41.2 Å². The van der Waals surface area contributed by atoms with Crippen LogP contribution in [-0.2, 0) is 38.7 Å². The SMILES string of the molecule is CCN(C1CNC1)S(=O)(=O)N1C[C@H](CCCB2OC(=O)C(CC(=O)O)(CC(=O)O)O2)[C@](N)(C(=O)O)C1. The monoisotopic (exact) mass is 534 g/mol. The van der Waals surface area contributed by atoms with Gasteiger partial charge >= 0.3 is 31.0 Å². The van der Waals surface area contributed by atoms with Crippen molar-refractivity contribution in [2.75, 3.05) is 32.7 Å². The largest absolute Gasteiger partial charge is 0.528 e. The van der Waals surface area contributed by atoms with Gasteiger partial charge in [-0.15, -0.1) is 0 Å². The highest BCUT2D eigenvalue weighted by Gasteiger charge is 2.56. The Morgan fingerprint density at radius 2 is 1.83 bits per heavy atom. The summed E-state index contributed by atoms with van der Waals surface area (Å²) in [4.78, 5) is 46.6. The smallest absolute Gasteiger partial charge is 0.507 e. The van der Waals surface area contributed by atoms with E-state index in [0.717, 1.165) is 4.31 Å². The molecular weight excluding hydrogens is 503 g/mol. The van der Waals surface area contributed by atoms with Crippen molar-refractivity contribution in [3.05, 3.63) is 0 Å². The number of hydrogen-bond donors (Lipinski definition) is 5. The first-order valence-corrected chi connectivity index (χ1v) is 13.0. The fraction of sp³-hybridized carbons (Fsp3) is 0.789. The second kappa shape index (κ2) is 10.6. The molecule has 0 aromatic carbocycles. The summed E-state index contributed by atoms with van der Waals surface area (Å²) in [6.07, 6.45) is -1.42. The number of nitrogens with zero attached hydrogens (tertiary/aromatic N) is 2. The minimum absolute atomic E-state index is 0.0144. The van der Waals surface area contributed by atoms with E-state index in [9.17, 15) is 32.7 Å². The van der Waals surface area contributed by atoms with Gasteiger partial charge in [0.2, 0.25) is 0 Å². The molecule has 0 radical (unpaired) electrons. The van der Waals surface area contributed by atoms with Crippen LogP contribution < -0.4 is 11.1 Å². The Kier molecular flexibility index (Phi) is 8.31. The van der Waals surface area contributed by atoms with Crippen molar-refractivity contribution in [3.8, 4) is 0 Å². The summed E-state index contributed by atoms with van der Waals surface area (Å²) < 4.78 is 39.3. The van der Waals surface area contributed by atoms with Gasteiger partial charge < -0.3 is 35.7 Å². The van der Waals surface area contributed by atoms with Crippen molar-refractivity contribution < 1.29 is 52.2 Å². The van der Waals surface area contributed by atoms with Crippen LogP contribution in [0.25, 0.3) is 0 Å². The number of aliphatic carboxylic acids is 3. The standard InChI is InChI=1S/C19H31BN4O11S/c1-2-24(13-8-22-9-13)36(32,33)23-10-12(19(21,11-23)16(29)30)4-3-5-20-34-17(31)18(35-20,6-14(25)26)7-15(27)28/h12-13,22H,2-11,21H2,1H3,(H,25,26)(H,27,28)(H,29,30)/t12-,19-/m0/s1. The molecule has 3 saturated heterocycles. The molecule has 0 spiro atoms. The van der Waals surface area contributed by atoms with Crippen molar-refractivity contribution in [2.24, 2.45) is 11.7 Å². The number of rotatable bonds is 13. The summed E-state index contributed by atoms with van der Waals surface area (Å²) in [6, 6.07) is -0.220. The first kappa shape index (κ1) is 28.3. The van der Waals surface area contributed by atoms with E-state index in [1.165, 1.54) is 4.31 Å². The van der Waals surface area contributed by atoms with Crippen LogP contribution in [0.15, 0.2) is 0 Å². The lowest BCUT2D eigenvalue weighted by atomic mass is 9.78. The predicted molar refractivity (Wildman–Crippen MR) is 122 cm³/mol. The molecule has 3 fully saturated rings. The third-order valence-corrected chi connectivity index (χ3v) is 9.00. The van der Waals surface area contributed by atoms with Gasteiger partial charge in [-0.05, 0) is 12.7 Å². The van der Waals surface area contributed by atoms with Gasteiger partial charge in [0.25, 0.3) is 10.2 Å². The van der Waals surface area contributed by atoms with E-state index in [4.69, 9.17) is 25.3 Å². The van der Waals surface area contributed by atoms with Crippen LogP contribution in [0.3, 0.4) is 0 Å². The molecule has 3 aliphatic heterocycles. The Labute approximate surface area is 208 Å². The zero-order valence-electron chi connectivity index (χ0n) is 19.8. The molecule has 0 amide bonds. The zero-order valence-corrected chi connectivity index (χ0v) is 20.6. The fourth-order valence-corrected chi connectivity index (χ4v) is 6.77. The maximum atomic E-state index is 13.2. The normalized spacial score (nSPS) is 26.7. The number of nitrogens with two attached hydrogens (primary N) is 1. The topological polar surface area (TPSA) is 226 Å². The molecule has 0 aliphatic carbocycles. The summed E-state index contributed by atoms with van der Waals surface area (Å²) in [5, 5.41) is 31.0. The van der Waals surface area contributed by atoms with Gasteiger partial charge in [-0.1, -0.05) is 13.3 Å². The predicted octanol–water partition coefficient (Wildman–Crippen LogP) is -2.23. The number of nitrogens with one attached hydrogen (secondary N) is 1. The molecule has 0 aromatic heterocycles. The summed E-state index contributed by atoms with van der Waals surface area (Å²) in [7, 11) is -5.18. The van der Waals surface area contributed by atoms with Crippen LogP contribution in [-0.4, -0.2) is 113 Å². The molecule has 3 heterocycles. The quantitative estimate of drug-likeness (QED) is 0.158. The van der Waals surface area contributed by atoms with E-state index in [1.807, 2.05) is 0 Å². The highest BCUT2D eigenvalue weighted by Crippen LogP contribution is 2.36. The number of carbonyl (C=O) groups is 4. The molecule has 0 bridgehead atoms. The van der Waals surface area contributed by atoms with E-state index >= 15 is 0 Å². The number of likely N-dealkylation sites (N-methyl/N-ethyl adjacent to an activating group) is 1. The number of carbonyl (C=O) groups excluding carboxylic acids is 1. The molecule has 3 rings (SSSR count). The van der Waals surface area contributed by atoms with Crippen LogP contribution in [0.4, 0.5) is 0 Å². The molecular formula is C19H31BN4O11S. The minimum Gasteiger partial charge on any atom is -0.507 e. The summed E-state index contributed by atoms with van der Waals surface area (Å²) in [5.74, 6) is -6.07. The third-order valence-electron chi connectivity index (χ3n) is 6.92. The van der Waals surface area contributed by atoms with Crippen LogP contribution >= 0.6 is 0 Å². The van der Waals surface area contributed by atoms with E-state index in [-0.39, 0.29) is 38.3 Å². The van der Waals surface area contributed by atoms with Gasteiger partial charge in [0.05, 0.1) is 18.9 Å². The maximum Gasteiger partial charge on any atom is 0.528 e. The zero-order chi connectivity index (χ0) is 26.9. The molecule has 0 aromatic rings. The van der Waals surface area contributed by atoms with Crippen LogP contribution in [0.1, 0.15) is 32.6 Å². The lowest BCUT2D eigenvalue weighted by Gasteiger charge is -2.38. The second-order valence-corrected chi connectivity index (χ2v) is 11.3. The van der Waals surface area contributed by atoms with E-state index in [0.29, 0.717) is 13.1 Å². The average Bonchev–Trinajstić information content (AvgIpc) is 3.21. The van der Waals surface area contributed by atoms with Gasteiger partial charge in [0.1, 0.15) is 5.54 Å². The fourth-order valence-electron chi connectivity index (χ4n) is 4.87. The van der Waals surface area contributed by atoms with Crippen molar-refractivity contribution in [2.45, 2.75) is 56.1 Å². The number of carboxylic acid groups (broad SMARTS) is 3. The summed E-state index contributed by atoms with van der Waals surface area (Å²) in [5.41, 5.74) is 2.19. The van der Waals surface area contributed by atoms with Crippen molar-refractivity contribution in [1.82, 2.24) is 13.9 Å². The van der Waals surface area contributed by atoms with Gasteiger partial charge in [0.15, 0.2) is 5.60 Å². The van der Waals surface area contributed by atoms with Crippen LogP contribution in [0.5, 0.6) is 0 Å². The molecule has 15 nitrogen and oxygen atoms in total. The number of hydrogen-bond acceptors (Lipinski definition) is 10. The van der Waals surface area contributed by atoms with Gasteiger partial charge in [-0.25, -0.2) is 0 Å². The van der Waals surface area contributed by atoms with Gasteiger partial charge in [0, 0.05) is 38.6 Å². The lowest BCUT2D eigenvalue weighted by Crippen LogP contribution is -2.61. The minimum atomic E-state index is -3.96. The molecule has 6 N–H and O–H groups in total. The summed E-state index contributed by atoms with van der Waals surface area (Å²) in [6.45, 7) is 2.41.